The lowest BCUT2D eigenvalue weighted by atomic mass is 10.1. The van der Waals surface area contributed by atoms with E-state index in [0.29, 0.717) is 17.9 Å². The summed E-state index contributed by atoms with van der Waals surface area (Å²) in [5.74, 6) is -0.600. The number of nitrogens with zero attached hydrogens (tertiary/aromatic N) is 2. The maximum atomic E-state index is 13.1. The fourth-order valence-electron chi connectivity index (χ4n) is 4.83. The average Bonchev–Trinajstić information content (AvgIpc) is 3.01. The largest absolute Gasteiger partial charge is 0.489 e. The van der Waals surface area contributed by atoms with Gasteiger partial charge in [-0.15, -0.1) is 0 Å². The van der Waals surface area contributed by atoms with Crippen LogP contribution in [0.1, 0.15) is 11.1 Å². The zero-order valence-corrected chi connectivity index (χ0v) is 23.4. The number of nitrogens with one attached hydrogen (secondary N) is 1. The summed E-state index contributed by atoms with van der Waals surface area (Å²) in [7, 11) is -4.05. The van der Waals surface area contributed by atoms with Crippen LogP contribution in [0.2, 0.25) is 0 Å². The molecule has 0 bridgehead atoms. The van der Waals surface area contributed by atoms with Crippen LogP contribution in [-0.2, 0) is 27.8 Å². The molecule has 4 aromatic rings. The van der Waals surface area contributed by atoms with Gasteiger partial charge >= 0.3 is 5.97 Å². The van der Waals surface area contributed by atoms with E-state index >= 15 is 0 Å². The topological polar surface area (TPSA) is 99.2 Å². The summed E-state index contributed by atoms with van der Waals surface area (Å²) < 4.78 is 34.3. The van der Waals surface area contributed by atoms with E-state index in [1.165, 1.54) is 17.8 Å². The number of carboxylic acids is 1. The highest BCUT2D eigenvalue weighted by Gasteiger charge is 2.26. The molecular weight excluding hydrogens is 538 g/mol. The van der Waals surface area contributed by atoms with E-state index in [0.717, 1.165) is 37.4 Å². The molecule has 1 fully saturated rings. The number of hydrogen-bond acceptors (Lipinski definition) is 6. The van der Waals surface area contributed by atoms with Crippen LogP contribution in [0.3, 0.4) is 0 Å². The quantitative estimate of drug-likeness (QED) is 0.272. The van der Waals surface area contributed by atoms with Crippen molar-refractivity contribution in [3.05, 3.63) is 120 Å². The van der Waals surface area contributed by atoms with Crippen molar-refractivity contribution in [3.8, 4) is 5.75 Å². The summed E-state index contributed by atoms with van der Waals surface area (Å²) in [6.07, 6.45) is -0.00267. The molecule has 0 amide bonds. The number of carbonyl (C=O) groups is 1. The summed E-state index contributed by atoms with van der Waals surface area (Å²) >= 11 is 0. The molecule has 1 unspecified atom stereocenters. The molecule has 1 saturated heterocycles. The van der Waals surface area contributed by atoms with Crippen molar-refractivity contribution >= 4 is 27.4 Å². The van der Waals surface area contributed by atoms with Gasteiger partial charge in [0.25, 0.3) is 0 Å². The van der Waals surface area contributed by atoms with Crippen LogP contribution in [0.25, 0.3) is 0 Å². The van der Waals surface area contributed by atoms with Crippen molar-refractivity contribution in [3.63, 3.8) is 0 Å². The van der Waals surface area contributed by atoms with Gasteiger partial charge in [-0.2, -0.15) is 4.72 Å². The average molecular weight is 572 g/mol. The van der Waals surface area contributed by atoms with Gasteiger partial charge in [0, 0.05) is 37.6 Å². The molecule has 0 radical (unpaired) electrons. The number of para-hydroxylation sites is 1. The number of piperazine rings is 1. The molecule has 0 spiro atoms. The summed E-state index contributed by atoms with van der Waals surface area (Å²) in [6.45, 7) is 3.78. The Balaban J connectivity index is 1.17. The van der Waals surface area contributed by atoms with Crippen molar-refractivity contribution in [2.24, 2.45) is 0 Å². The number of anilines is 2. The van der Waals surface area contributed by atoms with Gasteiger partial charge in [-0.3, -0.25) is 4.79 Å². The Morgan fingerprint density at radius 2 is 1.27 bits per heavy atom. The van der Waals surface area contributed by atoms with Crippen molar-refractivity contribution in [2.75, 3.05) is 36.0 Å². The fourth-order valence-corrected chi connectivity index (χ4v) is 6.02. The van der Waals surface area contributed by atoms with Crippen LogP contribution >= 0.6 is 0 Å². The number of carboxylic acid groups (broad SMARTS) is 1. The SMILES string of the molecule is O=C(O)C(Cc1ccc(OCc2ccccc2)cc1)NS(=O)(=O)c1ccc(N2CCN(c3ccccc3)CC2)cc1. The normalized spacial score (nSPS) is 14.4. The molecule has 2 N–H and O–H groups in total. The van der Waals surface area contributed by atoms with E-state index in [2.05, 4.69) is 26.7 Å². The highest BCUT2D eigenvalue weighted by atomic mass is 32.2. The Kier molecular flexibility index (Phi) is 8.86. The third-order valence-electron chi connectivity index (χ3n) is 7.12. The maximum Gasteiger partial charge on any atom is 0.322 e. The predicted molar refractivity (Wildman–Crippen MR) is 160 cm³/mol. The summed E-state index contributed by atoms with van der Waals surface area (Å²) in [6, 6.07) is 32.3. The van der Waals surface area contributed by atoms with Gasteiger partial charge in [-0.25, -0.2) is 8.42 Å². The molecule has 1 atom stereocenters. The fraction of sp³-hybridized carbons (Fsp3) is 0.219. The first-order valence-corrected chi connectivity index (χ1v) is 15.0. The molecule has 8 nitrogen and oxygen atoms in total. The van der Waals surface area contributed by atoms with E-state index in [4.69, 9.17) is 4.74 Å². The smallest absolute Gasteiger partial charge is 0.322 e. The van der Waals surface area contributed by atoms with Crippen molar-refractivity contribution in [1.29, 1.82) is 0 Å². The van der Waals surface area contributed by atoms with E-state index in [1.807, 2.05) is 48.5 Å². The van der Waals surface area contributed by atoms with Crippen LogP contribution < -0.4 is 19.3 Å². The Morgan fingerprint density at radius 3 is 1.83 bits per heavy atom. The van der Waals surface area contributed by atoms with Crippen LogP contribution in [0.15, 0.2) is 114 Å². The summed E-state index contributed by atoms with van der Waals surface area (Å²) in [5, 5.41) is 9.77. The second-order valence-electron chi connectivity index (χ2n) is 9.94. The number of hydrogen-bond donors (Lipinski definition) is 2. The van der Waals surface area contributed by atoms with E-state index in [-0.39, 0.29) is 11.3 Å². The number of ether oxygens (including phenoxy) is 1. The third kappa shape index (κ3) is 7.45. The number of benzene rings is 4. The standard InChI is InChI=1S/C32H33N3O5S/c36-32(37)31(23-25-11-15-29(16-12-25)40-24-26-7-3-1-4-8-26)33-41(38,39)30-17-13-28(14-18-30)35-21-19-34(20-22-35)27-9-5-2-6-10-27/h1-18,31,33H,19-24H2,(H,36,37). The van der Waals surface area contributed by atoms with Crippen molar-refractivity contribution in [1.82, 2.24) is 4.72 Å². The van der Waals surface area contributed by atoms with E-state index in [9.17, 15) is 18.3 Å². The highest BCUT2D eigenvalue weighted by Crippen LogP contribution is 2.23. The third-order valence-corrected chi connectivity index (χ3v) is 8.61. The van der Waals surface area contributed by atoms with Crippen LogP contribution in [-0.4, -0.2) is 51.7 Å². The van der Waals surface area contributed by atoms with Gasteiger partial charge in [-0.1, -0.05) is 60.7 Å². The zero-order valence-electron chi connectivity index (χ0n) is 22.6. The highest BCUT2D eigenvalue weighted by molar-refractivity contribution is 7.89. The monoisotopic (exact) mass is 571 g/mol. The minimum atomic E-state index is -4.05. The van der Waals surface area contributed by atoms with E-state index < -0.39 is 22.0 Å². The molecule has 1 aliphatic heterocycles. The number of rotatable bonds is 11. The molecule has 0 aliphatic carbocycles. The van der Waals surface area contributed by atoms with Gasteiger partial charge in [0.15, 0.2) is 0 Å². The summed E-state index contributed by atoms with van der Waals surface area (Å²) in [5.41, 5.74) is 3.84. The molecule has 1 heterocycles. The second kappa shape index (κ2) is 12.9. The van der Waals surface area contributed by atoms with Gasteiger partial charge in [0.05, 0.1) is 4.90 Å². The second-order valence-corrected chi connectivity index (χ2v) is 11.7. The molecule has 5 rings (SSSR count). The Morgan fingerprint density at radius 1 is 0.732 bits per heavy atom. The Labute approximate surface area is 240 Å². The Bertz CT molecular complexity index is 1520. The number of sulfonamides is 1. The van der Waals surface area contributed by atoms with Crippen molar-refractivity contribution in [2.45, 2.75) is 24.0 Å². The lowest BCUT2D eigenvalue weighted by molar-refractivity contribution is -0.138. The molecular formula is C32H33N3O5S. The molecule has 9 heteroatoms. The van der Waals surface area contributed by atoms with Gasteiger partial charge in [0.1, 0.15) is 18.4 Å². The minimum Gasteiger partial charge on any atom is -0.489 e. The lowest BCUT2D eigenvalue weighted by Gasteiger charge is -2.37. The molecule has 41 heavy (non-hydrogen) atoms. The van der Waals surface area contributed by atoms with Gasteiger partial charge in [0.2, 0.25) is 10.0 Å². The lowest BCUT2D eigenvalue weighted by Crippen LogP contribution is -2.46. The van der Waals surface area contributed by atoms with Crippen LogP contribution in [0.5, 0.6) is 5.75 Å². The molecule has 0 saturated carbocycles. The molecule has 212 valence electrons. The van der Waals surface area contributed by atoms with Crippen molar-refractivity contribution < 1.29 is 23.1 Å². The zero-order chi connectivity index (χ0) is 28.7. The first-order valence-electron chi connectivity index (χ1n) is 13.5. The van der Waals surface area contributed by atoms with Crippen LogP contribution in [0.4, 0.5) is 11.4 Å². The van der Waals surface area contributed by atoms with Gasteiger partial charge in [-0.05, 0) is 66.1 Å². The van der Waals surface area contributed by atoms with E-state index in [1.54, 1.807) is 36.4 Å². The Hall–Kier alpha value is -4.34. The first kappa shape index (κ1) is 28.2. The van der Waals surface area contributed by atoms with Gasteiger partial charge < -0.3 is 19.6 Å². The summed E-state index contributed by atoms with van der Waals surface area (Å²) in [4.78, 5) is 16.5. The first-order chi connectivity index (χ1) is 19.9. The maximum absolute atomic E-state index is 13.1. The predicted octanol–water partition coefficient (Wildman–Crippen LogP) is 4.57. The van der Waals surface area contributed by atoms with Crippen LogP contribution in [0, 0.1) is 0 Å². The molecule has 0 aromatic heterocycles. The number of aliphatic carboxylic acids is 1. The minimum absolute atomic E-state index is 0.00267. The molecule has 1 aliphatic rings. The molecule has 4 aromatic carbocycles.